The zero-order chi connectivity index (χ0) is 30.6. The minimum absolute atomic E-state index is 0. The van der Waals surface area contributed by atoms with E-state index in [1.54, 1.807) is 24.0 Å². The normalized spacial score (nSPS) is 16.5. The number of aryl methyl sites for hydroxylation is 1. The monoisotopic (exact) mass is 685 g/mol. The third-order valence-electron chi connectivity index (χ3n) is 7.68. The number of aromatic nitrogens is 1. The molecule has 0 spiro atoms. The average Bonchev–Trinajstić information content (AvgIpc) is 3.46. The van der Waals surface area contributed by atoms with Crippen LogP contribution in [0.4, 0.5) is 9.93 Å². The Morgan fingerprint density at radius 2 is 1.73 bits per heavy atom. The van der Waals surface area contributed by atoms with Crippen molar-refractivity contribution in [3.05, 3.63) is 52.5 Å². The number of anilines is 1. The highest BCUT2D eigenvalue weighted by Gasteiger charge is 2.31. The van der Waals surface area contributed by atoms with Gasteiger partial charge in [-0.2, -0.15) is 4.31 Å². The number of sulfonamides is 1. The number of thiazole rings is 1. The number of halogens is 2. The zero-order valence-corrected chi connectivity index (χ0v) is 27.9. The van der Waals surface area contributed by atoms with Gasteiger partial charge in [-0.3, -0.25) is 14.6 Å². The molecule has 3 aromatic rings. The van der Waals surface area contributed by atoms with Crippen molar-refractivity contribution in [2.45, 2.75) is 25.2 Å². The molecule has 2 amide bonds. The molecular formula is C29H37Cl2N5O6S2. The number of carbonyl (C=O) groups is 2. The van der Waals surface area contributed by atoms with E-state index in [9.17, 15) is 18.0 Å². The number of hydrogen-bond acceptors (Lipinski definition) is 9. The first kappa shape index (κ1) is 34.4. The van der Waals surface area contributed by atoms with Crippen molar-refractivity contribution in [3.8, 4) is 0 Å². The summed E-state index contributed by atoms with van der Waals surface area (Å²) in [5.41, 5.74) is 1.99. The van der Waals surface area contributed by atoms with Crippen LogP contribution in [0.15, 0.2) is 41.3 Å². The summed E-state index contributed by atoms with van der Waals surface area (Å²) in [7, 11) is -3.80. The highest BCUT2D eigenvalue weighted by molar-refractivity contribution is 7.89. The van der Waals surface area contributed by atoms with Crippen molar-refractivity contribution in [1.82, 2.24) is 19.1 Å². The van der Waals surface area contributed by atoms with E-state index in [0.29, 0.717) is 35.5 Å². The Morgan fingerprint density at radius 1 is 1.05 bits per heavy atom. The maximum atomic E-state index is 13.9. The summed E-state index contributed by atoms with van der Waals surface area (Å²) in [5, 5.41) is 1.19. The molecule has 2 aromatic carbocycles. The molecule has 0 atom stereocenters. The summed E-state index contributed by atoms with van der Waals surface area (Å²) in [6.45, 7) is 9.15. The van der Waals surface area contributed by atoms with Crippen LogP contribution in [0.25, 0.3) is 10.2 Å². The van der Waals surface area contributed by atoms with Crippen molar-refractivity contribution < 1.29 is 27.5 Å². The summed E-state index contributed by atoms with van der Waals surface area (Å²) in [6.07, 6.45) is 0.300. The van der Waals surface area contributed by atoms with Crippen molar-refractivity contribution in [1.29, 1.82) is 0 Å². The van der Waals surface area contributed by atoms with Crippen LogP contribution < -0.4 is 4.90 Å². The fourth-order valence-electron chi connectivity index (χ4n) is 5.17. The molecule has 5 rings (SSSR count). The number of amides is 2. The molecule has 0 radical (unpaired) electrons. The number of carbonyl (C=O) groups excluding carboxylic acids is 2. The van der Waals surface area contributed by atoms with Crippen molar-refractivity contribution in [3.63, 3.8) is 0 Å². The van der Waals surface area contributed by atoms with E-state index in [1.807, 2.05) is 19.1 Å². The maximum absolute atomic E-state index is 13.9. The minimum Gasteiger partial charge on any atom is -0.450 e. The summed E-state index contributed by atoms with van der Waals surface area (Å²) < 4.78 is 39.4. The Bertz CT molecular complexity index is 1560. The lowest BCUT2D eigenvalue weighted by molar-refractivity contribution is 0.0376. The lowest BCUT2D eigenvalue weighted by Crippen LogP contribution is -2.50. The van der Waals surface area contributed by atoms with Gasteiger partial charge in [0.2, 0.25) is 10.0 Å². The minimum atomic E-state index is -3.80. The smallest absolute Gasteiger partial charge is 0.409 e. The number of rotatable bonds is 9. The molecule has 15 heteroatoms. The maximum Gasteiger partial charge on any atom is 0.409 e. The van der Waals surface area contributed by atoms with E-state index >= 15 is 0 Å². The molecule has 2 aliphatic heterocycles. The third kappa shape index (κ3) is 7.64. The number of hydrogen-bond donors (Lipinski definition) is 0. The van der Waals surface area contributed by atoms with Crippen LogP contribution in [0.1, 0.15) is 29.3 Å². The van der Waals surface area contributed by atoms with Gasteiger partial charge in [-0.05, 0) is 62.2 Å². The average molecular weight is 687 g/mol. The second-order valence-corrected chi connectivity index (χ2v) is 13.7. The van der Waals surface area contributed by atoms with Gasteiger partial charge in [-0.15, -0.1) is 12.4 Å². The van der Waals surface area contributed by atoms with Crippen LogP contribution >= 0.6 is 35.3 Å². The van der Waals surface area contributed by atoms with Crippen LogP contribution in [0.2, 0.25) is 5.02 Å². The van der Waals surface area contributed by atoms with E-state index in [2.05, 4.69) is 4.90 Å². The van der Waals surface area contributed by atoms with Crippen LogP contribution in [-0.4, -0.2) is 112 Å². The summed E-state index contributed by atoms with van der Waals surface area (Å²) >= 11 is 7.77. The summed E-state index contributed by atoms with van der Waals surface area (Å²) in [4.78, 5) is 36.3. The molecule has 240 valence electrons. The predicted molar refractivity (Wildman–Crippen MR) is 174 cm³/mol. The molecule has 0 aliphatic carbocycles. The fraction of sp³-hybridized carbons (Fsp3) is 0.483. The molecule has 0 saturated carbocycles. The Kier molecular flexibility index (Phi) is 11.8. The first-order valence-electron chi connectivity index (χ1n) is 14.4. The number of benzene rings is 2. The molecule has 2 saturated heterocycles. The van der Waals surface area contributed by atoms with Crippen molar-refractivity contribution >= 4 is 72.7 Å². The van der Waals surface area contributed by atoms with E-state index < -0.39 is 16.1 Å². The van der Waals surface area contributed by atoms with Crippen molar-refractivity contribution in [2.24, 2.45) is 0 Å². The number of nitrogens with zero attached hydrogens (tertiary/aromatic N) is 5. The molecular weight excluding hydrogens is 649 g/mol. The van der Waals surface area contributed by atoms with Crippen LogP contribution in [-0.2, 0) is 19.5 Å². The number of morpholine rings is 1. The van der Waals surface area contributed by atoms with Gasteiger partial charge < -0.3 is 14.4 Å². The van der Waals surface area contributed by atoms with Gasteiger partial charge in [-0.25, -0.2) is 18.2 Å². The number of fused-ring (bicyclic) bond motifs is 1. The standard InChI is InChI=1S/C29H36ClN5O6S2.ClH/c1-3-41-29(37)33-13-15-34(16-14-33)43(38,39)23-7-5-22(6-8-23)27(36)35(12-4-11-32-17-19-40-20-18-32)28-31-26-21(2)24(30)9-10-25(26)42-28;/h5-10H,3-4,11-20H2,1-2H3;1H. The SMILES string of the molecule is CCOC(=O)N1CCN(S(=O)(=O)c2ccc(C(=O)N(CCCN3CCOCC3)c3nc4c(C)c(Cl)ccc4s3)cc2)CC1.Cl. The molecule has 2 aliphatic rings. The van der Waals surface area contributed by atoms with Crippen molar-refractivity contribution in [2.75, 3.05) is 77.1 Å². The molecule has 0 unspecified atom stereocenters. The topological polar surface area (TPSA) is 113 Å². The second kappa shape index (κ2) is 15.2. The molecule has 1 aromatic heterocycles. The van der Waals surface area contributed by atoms with Crippen LogP contribution in [0.5, 0.6) is 0 Å². The Labute approximate surface area is 273 Å². The lowest BCUT2D eigenvalue weighted by atomic mass is 10.2. The van der Waals surface area contributed by atoms with Gasteiger partial charge in [0.05, 0.1) is 34.9 Å². The molecule has 0 bridgehead atoms. The van der Waals surface area contributed by atoms with Crippen LogP contribution in [0.3, 0.4) is 0 Å². The van der Waals surface area contributed by atoms with Gasteiger partial charge in [0.15, 0.2) is 5.13 Å². The molecule has 3 heterocycles. The lowest BCUT2D eigenvalue weighted by Gasteiger charge is -2.33. The largest absolute Gasteiger partial charge is 0.450 e. The Morgan fingerprint density at radius 3 is 2.39 bits per heavy atom. The van der Waals surface area contributed by atoms with Gasteiger partial charge >= 0.3 is 6.09 Å². The molecule has 11 nitrogen and oxygen atoms in total. The second-order valence-electron chi connectivity index (χ2n) is 10.4. The fourth-order valence-corrected chi connectivity index (χ4v) is 7.79. The van der Waals surface area contributed by atoms with Gasteiger partial charge in [0.1, 0.15) is 0 Å². The number of piperazine rings is 1. The van der Waals surface area contributed by atoms with E-state index in [1.165, 1.54) is 32.7 Å². The molecule has 0 N–H and O–H groups in total. The Hall–Kier alpha value is -2.52. The highest BCUT2D eigenvalue weighted by Crippen LogP contribution is 2.34. The zero-order valence-electron chi connectivity index (χ0n) is 24.7. The summed E-state index contributed by atoms with van der Waals surface area (Å²) in [6, 6.07) is 9.78. The van der Waals surface area contributed by atoms with E-state index in [4.69, 9.17) is 26.1 Å². The quantitative estimate of drug-likeness (QED) is 0.324. The Balaban J connectivity index is 0.00000442. The highest BCUT2D eigenvalue weighted by atomic mass is 35.5. The van der Waals surface area contributed by atoms with Gasteiger partial charge in [0.25, 0.3) is 5.91 Å². The van der Waals surface area contributed by atoms with Gasteiger partial charge in [-0.1, -0.05) is 22.9 Å². The molecule has 44 heavy (non-hydrogen) atoms. The number of ether oxygens (including phenoxy) is 2. The van der Waals surface area contributed by atoms with E-state index in [-0.39, 0.29) is 56.0 Å². The van der Waals surface area contributed by atoms with Gasteiger partial charge in [0, 0.05) is 62.9 Å². The van der Waals surface area contributed by atoms with Crippen LogP contribution in [0, 0.1) is 6.92 Å². The predicted octanol–water partition coefficient (Wildman–Crippen LogP) is 4.51. The summed E-state index contributed by atoms with van der Waals surface area (Å²) in [5.74, 6) is -0.253. The third-order valence-corrected chi connectivity index (χ3v) is 11.0. The molecule has 2 fully saturated rings. The first-order chi connectivity index (χ1) is 20.7. The van der Waals surface area contributed by atoms with E-state index in [0.717, 1.165) is 41.8 Å². The first-order valence-corrected chi connectivity index (χ1v) is 17.0.